The predicted molar refractivity (Wildman–Crippen MR) is 123 cm³/mol. The van der Waals surface area contributed by atoms with Crippen molar-refractivity contribution in [3.8, 4) is 5.69 Å². The van der Waals surface area contributed by atoms with E-state index in [4.69, 9.17) is 0 Å². The molecule has 2 aromatic heterocycles. The zero-order valence-electron chi connectivity index (χ0n) is 16.7. The van der Waals surface area contributed by atoms with E-state index in [0.717, 1.165) is 10.2 Å². The van der Waals surface area contributed by atoms with E-state index in [1.54, 1.807) is 29.2 Å². The van der Waals surface area contributed by atoms with E-state index in [1.807, 2.05) is 24.3 Å². The van der Waals surface area contributed by atoms with Gasteiger partial charge in [-0.2, -0.15) is 5.10 Å². The second-order valence-electron chi connectivity index (χ2n) is 7.39. The lowest BCUT2D eigenvalue weighted by atomic mass is 10.1. The van der Waals surface area contributed by atoms with Crippen LogP contribution in [0.1, 0.15) is 6.42 Å². The molecule has 1 saturated heterocycles. The molecule has 9 nitrogen and oxygen atoms in total. The van der Waals surface area contributed by atoms with Crippen molar-refractivity contribution in [3.63, 3.8) is 0 Å². The molecule has 1 atom stereocenters. The topological polar surface area (TPSA) is 113 Å². The van der Waals surface area contributed by atoms with Crippen molar-refractivity contribution in [2.45, 2.75) is 6.42 Å². The molecule has 160 valence electrons. The summed E-state index contributed by atoms with van der Waals surface area (Å²) in [5.41, 5.74) is 1.91. The van der Waals surface area contributed by atoms with Crippen molar-refractivity contribution < 1.29 is 9.59 Å². The van der Waals surface area contributed by atoms with Crippen LogP contribution >= 0.6 is 15.9 Å². The maximum atomic E-state index is 13.1. The molecule has 10 heteroatoms. The lowest BCUT2D eigenvalue weighted by Gasteiger charge is -2.18. The van der Waals surface area contributed by atoms with Gasteiger partial charge >= 0.3 is 0 Å². The van der Waals surface area contributed by atoms with E-state index >= 15 is 0 Å². The highest BCUT2D eigenvalue weighted by Gasteiger charge is 2.36. The van der Waals surface area contributed by atoms with Crippen LogP contribution < -0.4 is 15.8 Å². The number of nitrogens with zero attached hydrogens (tertiary/aromatic N) is 4. The molecule has 32 heavy (non-hydrogen) atoms. The van der Waals surface area contributed by atoms with Crippen molar-refractivity contribution in [1.29, 1.82) is 0 Å². The fourth-order valence-electron chi connectivity index (χ4n) is 3.82. The van der Waals surface area contributed by atoms with Crippen molar-refractivity contribution in [1.82, 2.24) is 19.7 Å². The van der Waals surface area contributed by atoms with Gasteiger partial charge in [-0.1, -0.05) is 24.3 Å². The number of para-hydroxylation sites is 3. The summed E-state index contributed by atoms with van der Waals surface area (Å²) in [7, 11) is 0. The smallest absolute Gasteiger partial charge is 0.261 e. The van der Waals surface area contributed by atoms with Crippen molar-refractivity contribution >= 4 is 50.2 Å². The summed E-state index contributed by atoms with van der Waals surface area (Å²) < 4.78 is 2.31. The van der Waals surface area contributed by atoms with Gasteiger partial charge in [-0.05, 0) is 40.2 Å². The number of benzene rings is 2. The number of nitrogens with one attached hydrogen (secondary N) is 2. The first-order chi connectivity index (χ1) is 15.5. The van der Waals surface area contributed by atoms with Crippen LogP contribution in [0.4, 0.5) is 11.4 Å². The summed E-state index contributed by atoms with van der Waals surface area (Å²) in [4.78, 5) is 46.0. The Hall–Kier alpha value is -3.79. The lowest BCUT2D eigenvalue weighted by Crippen LogP contribution is -2.28. The summed E-state index contributed by atoms with van der Waals surface area (Å²) in [6.45, 7) is 0.289. The first-order valence-corrected chi connectivity index (χ1v) is 10.7. The van der Waals surface area contributed by atoms with Gasteiger partial charge in [-0.15, -0.1) is 0 Å². The Balaban J connectivity index is 1.41. The fraction of sp³-hybridized carbons (Fsp3) is 0.136. The van der Waals surface area contributed by atoms with Crippen LogP contribution in [0, 0.1) is 5.92 Å². The van der Waals surface area contributed by atoms with Crippen molar-refractivity contribution in [2.75, 3.05) is 16.8 Å². The number of aromatic amines is 1. The number of amides is 2. The predicted octanol–water partition coefficient (Wildman–Crippen LogP) is 2.86. The number of hydrogen-bond donors (Lipinski definition) is 2. The third kappa shape index (κ3) is 3.48. The normalized spacial score (nSPS) is 16.0. The van der Waals surface area contributed by atoms with Gasteiger partial charge in [0.25, 0.3) is 5.56 Å². The zero-order chi connectivity index (χ0) is 22.2. The minimum absolute atomic E-state index is 0.105. The average molecular weight is 493 g/mol. The highest BCUT2D eigenvalue weighted by atomic mass is 79.9. The largest absolute Gasteiger partial charge is 0.324 e. The molecule has 2 N–H and O–H groups in total. The number of rotatable bonds is 4. The van der Waals surface area contributed by atoms with Crippen LogP contribution in [-0.2, 0) is 9.59 Å². The van der Waals surface area contributed by atoms with E-state index in [2.05, 4.69) is 36.3 Å². The molecule has 0 bridgehead atoms. The number of aromatic nitrogens is 4. The number of carbonyl (C=O) groups excluding carboxylic acids is 2. The Kier molecular flexibility index (Phi) is 5.06. The highest BCUT2D eigenvalue weighted by Crippen LogP contribution is 2.32. The van der Waals surface area contributed by atoms with Gasteiger partial charge in [0.1, 0.15) is 5.39 Å². The molecule has 0 radical (unpaired) electrons. The monoisotopic (exact) mass is 492 g/mol. The zero-order valence-corrected chi connectivity index (χ0v) is 18.2. The van der Waals surface area contributed by atoms with E-state index in [0.29, 0.717) is 22.4 Å². The fourth-order valence-corrected chi connectivity index (χ4v) is 4.32. The van der Waals surface area contributed by atoms with Crippen molar-refractivity contribution in [2.24, 2.45) is 5.92 Å². The third-order valence-corrected chi connectivity index (χ3v) is 6.07. The Labute approximate surface area is 190 Å². The van der Waals surface area contributed by atoms with Crippen LogP contribution in [0.5, 0.6) is 0 Å². The maximum absolute atomic E-state index is 13.1. The van der Waals surface area contributed by atoms with Crippen LogP contribution in [0.15, 0.2) is 70.3 Å². The van der Waals surface area contributed by atoms with Gasteiger partial charge in [-0.3, -0.25) is 14.4 Å². The van der Waals surface area contributed by atoms with Gasteiger partial charge in [0, 0.05) is 17.4 Å². The quantitative estimate of drug-likeness (QED) is 0.454. The standard InChI is InChI=1S/C22H17BrN6O3/c23-15-5-1-3-7-17(15)28-11-13(9-19(28)30)21(31)27-16-6-2-4-8-18(16)29-20-14(10-26-29)22(32)25-12-24-20/h1-8,10,12-13H,9,11H2,(H,27,31)(H,24,25,32). The van der Waals surface area contributed by atoms with Crippen LogP contribution in [0.25, 0.3) is 16.7 Å². The van der Waals surface area contributed by atoms with E-state index in [9.17, 15) is 14.4 Å². The number of anilines is 2. The van der Waals surface area contributed by atoms with E-state index in [-0.39, 0.29) is 30.3 Å². The maximum Gasteiger partial charge on any atom is 0.261 e. The Morgan fingerprint density at radius 1 is 1.09 bits per heavy atom. The Bertz CT molecular complexity index is 1410. The number of H-pyrrole nitrogens is 1. The molecule has 1 fully saturated rings. The summed E-state index contributed by atoms with van der Waals surface area (Å²) in [6, 6.07) is 14.5. The molecule has 0 spiro atoms. The van der Waals surface area contributed by atoms with Crippen LogP contribution in [0.3, 0.4) is 0 Å². The van der Waals surface area contributed by atoms with Gasteiger partial charge in [0.2, 0.25) is 11.8 Å². The van der Waals surface area contributed by atoms with Crippen molar-refractivity contribution in [3.05, 3.63) is 75.9 Å². The average Bonchev–Trinajstić information content (AvgIpc) is 3.39. The number of carbonyl (C=O) groups is 2. The van der Waals surface area contributed by atoms with Gasteiger partial charge in [-0.25, -0.2) is 9.67 Å². The Morgan fingerprint density at radius 3 is 2.66 bits per heavy atom. The second kappa shape index (κ2) is 8.04. The van der Waals surface area contributed by atoms with Gasteiger partial charge in [0.15, 0.2) is 5.65 Å². The first kappa shape index (κ1) is 20.1. The number of halogens is 1. The van der Waals surface area contributed by atoms with Crippen LogP contribution in [0.2, 0.25) is 0 Å². The van der Waals surface area contributed by atoms with E-state index in [1.165, 1.54) is 17.2 Å². The van der Waals surface area contributed by atoms with Gasteiger partial charge < -0.3 is 15.2 Å². The molecule has 3 heterocycles. The summed E-state index contributed by atoms with van der Waals surface area (Å²) in [6.07, 6.45) is 2.87. The molecule has 1 aliphatic heterocycles. The molecule has 1 unspecified atom stereocenters. The second-order valence-corrected chi connectivity index (χ2v) is 8.24. The minimum atomic E-state index is -0.502. The SMILES string of the molecule is O=C(Nc1ccccc1-n1ncc2c(=O)[nH]cnc21)C1CC(=O)N(c2ccccc2Br)C1. The molecule has 5 rings (SSSR count). The number of hydrogen-bond acceptors (Lipinski definition) is 5. The number of fused-ring (bicyclic) bond motifs is 1. The van der Waals surface area contributed by atoms with Gasteiger partial charge in [0.05, 0.1) is 35.5 Å². The molecular weight excluding hydrogens is 476 g/mol. The van der Waals surface area contributed by atoms with Crippen LogP contribution in [-0.4, -0.2) is 38.1 Å². The van der Waals surface area contributed by atoms with E-state index < -0.39 is 5.92 Å². The molecule has 0 aliphatic carbocycles. The summed E-state index contributed by atoms with van der Waals surface area (Å²) in [5.74, 6) is -0.868. The molecule has 2 aromatic carbocycles. The molecule has 0 saturated carbocycles. The molecule has 1 aliphatic rings. The molecule has 2 amide bonds. The highest BCUT2D eigenvalue weighted by molar-refractivity contribution is 9.10. The minimum Gasteiger partial charge on any atom is -0.324 e. The first-order valence-electron chi connectivity index (χ1n) is 9.89. The third-order valence-electron chi connectivity index (χ3n) is 5.40. The lowest BCUT2D eigenvalue weighted by molar-refractivity contribution is -0.122. The summed E-state index contributed by atoms with van der Waals surface area (Å²) >= 11 is 3.47. The molecular formula is C22H17BrN6O3. The molecule has 4 aromatic rings. The Morgan fingerprint density at radius 2 is 1.84 bits per heavy atom. The summed E-state index contributed by atoms with van der Waals surface area (Å²) in [5, 5.41) is 7.55.